The number of unbranched alkanes of at least 4 members (excludes halogenated alkanes) is 2. The molecule has 0 spiro atoms. The maximum Gasteiger partial charge on any atom is 0.103 e. The predicted molar refractivity (Wildman–Crippen MR) is 70.9 cm³/mol. The van der Waals surface area contributed by atoms with Crippen LogP contribution in [0.5, 0.6) is 0 Å². The summed E-state index contributed by atoms with van der Waals surface area (Å²) in [6, 6.07) is 4.19. The largest absolute Gasteiger partial charge is 0.386 e. The van der Waals surface area contributed by atoms with Gasteiger partial charge in [-0.05, 0) is 30.8 Å². The fraction of sp³-hybridized carbons (Fsp3) is 0.692. The minimum absolute atomic E-state index is 0.190. The quantitative estimate of drug-likeness (QED) is 0.684. The Kier molecular flexibility index (Phi) is 6.69. The van der Waals surface area contributed by atoms with Gasteiger partial charge in [0.2, 0.25) is 0 Å². The van der Waals surface area contributed by atoms with Crippen LogP contribution >= 0.6 is 11.3 Å². The summed E-state index contributed by atoms with van der Waals surface area (Å²) in [5.74, 6) is 0. The molecule has 1 aromatic rings. The normalized spacial score (nSPS) is 14.9. The van der Waals surface area contributed by atoms with Gasteiger partial charge in [0.25, 0.3) is 0 Å². The molecule has 0 fully saturated rings. The standard InChI is InChI=1S/C13H23NOS/c1-3-5-6-9-14-11(4-2)13(15)12-8-7-10-16-12/h7-8,10-11,13-15H,3-6,9H2,1-2H3. The van der Waals surface area contributed by atoms with Crippen molar-refractivity contribution in [3.05, 3.63) is 22.4 Å². The first-order valence-electron chi connectivity index (χ1n) is 6.24. The van der Waals surface area contributed by atoms with Gasteiger partial charge in [0.1, 0.15) is 6.10 Å². The van der Waals surface area contributed by atoms with Crippen molar-refractivity contribution in [3.63, 3.8) is 0 Å². The van der Waals surface area contributed by atoms with Crippen molar-refractivity contribution in [2.45, 2.75) is 51.7 Å². The number of hydrogen-bond acceptors (Lipinski definition) is 3. The van der Waals surface area contributed by atoms with Crippen LogP contribution in [0.2, 0.25) is 0 Å². The third kappa shape index (κ3) is 4.24. The van der Waals surface area contributed by atoms with Crippen LogP contribution in [0, 0.1) is 0 Å². The molecular weight excluding hydrogens is 218 g/mol. The Morgan fingerprint density at radius 2 is 2.19 bits per heavy atom. The highest BCUT2D eigenvalue weighted by molar-refractivity contribution is 7.10. The van der Waals surface area contributed by atoms with E-state index in [2.05, 4.69) is 19.2 Å². The third-order valence-corrected chi connectivity index (χ3v) is 3.79. The van der Waals surface area contributed by atoms with Crippen molar-refractivity contribution in [3.8, 4) is 0 Å². The van der Waals surface area contributed by atoms with Crippen molar-refractivity contribution in [1.82, 2.24) is 5.32 Å². The molecule has 0 radical (unpaired) electrons. The van der Waals surface area contributed by atoms with Gasteiger partial charge in [0, 0.05) is 10.9 Å². The van der Waals surface area contributed by atoms with E-state index < -0.39 is 0 Å². The first-order valence-corrected chi connectivity index (χ1v) is 7.12. The van der Waals surface area contributed by atoms with Crippen molar-refractivity contribution >= 4 is 11.3 Å². The summed E-state index contributed by atoms with van der Waals surface area (Å²) in [6.45, 7) is 5.33. The molecule has 0 amide bonds. The van der Waals surface area contributed by atoms with Gasteiger partial charge < -0.3 is 10.4 Å². The molecule has 1 heterocycles. The lowest BCUT2D eigenvalue weighted by molar-refractivity contribution is 0.129. The summed E-state index contributed by atoms with van der Waals surface area (Å²) in [4.78, 5) is 1.06. The molecule has 2 N–H and O–H groups in total. The van der Waals surface area contributed by atoms with Gasteiger partial charge in [0.15, 0.2) is 0 Å². The van der Waals surface area contributed by atoms with Crippen molar-refractivity contribution in [2.24, 2.45) is 0 Å². The molecule has 0 aliphatic carbocycles. The molecule has 0 saturated carbocycles. The van der Waals surface area contributed by atoms with E-state index in [1.54, 1.807) is 11.3 Å². The highest BCUT2D eigenvalue weighted by atomic mass is 32.1. The molecule has 0 aliphatic rings. The predicted octanol–water partition coefficient (Wildman–Crippen LogP) is 3.34. The average Bonchev–Trinajstić information content (AvgIpc) is 2.82. The molecule has 0 aromatic carbocycles. The zero-order chi connectivity index (χ0) is 11.8. The molecule has 2 unspecified atom stereocenters. The second-order valence-corrected chi connectivity index (χ2v) is 5.12. The lowest BCUT2D eigenvalue weighted by Crippen LogP contribution is -2.34. The molecule has 3 heteroatoms. The molecule has 16 heavy (non-hydrogen) atoms. The number of aliphatic hydroxyl groups excluding tert-OH is 1. The maximum absolute atomic E-state index is 10.2. The first kappa shape index (κ1) is 13.7. The summed E-state index contributed by atoms with van der Waals surface area (Å²) < 4.78 is 0. The van der Waals surface area contributed by atoms with Crippen LogP contribution in [-0.4, -0.2) is 17.7 Å². The van der Waals surface area contributed by atoms with Gasteiger partial charge in [-0.1, -0.05) is 32.8 Å². The zero-order valence-corrected chi connectivity index (χ0v) is 11.1. The van der Waals surface area contributed by atoms with Crippen LogP contribution in [0.4, 0.5) is 0 Å². The molecule has 0 saturated heterocycles. The summed E-state index contributed by atoms with van der Waals surface area (Å²) in [7, 11) is 0. The van der Waals surface area contributed by atoms with Crippen LogP contribution < -0.4 is 5.32 Å². The zero-order valence-electron chi connectivity index (χ0n) is 10.3. The Labute approximate surface area is 103 Å². The lowest BCUT2D eigenvalue weighted by atomic mass is 10.1. The van der Waals surface area contributed by atoms with E-state index in [-0.39, 0.29) is 12.1 Å². The van der Waals surface area contributed by atoms with Gasteiger partial charge in [-0.3, -0.25) is 0 Å². The molecule has 1 rings (SSSR count). The number of aliphatic hydroxyl groups is 1. The van der Waals surface area contributed by atoms with Crippen LogP contribution in [0.1, 0.15) is 50.5 Å². The SMILES string of the molecule is CCCCCNC(CC)C(O)c1cccs1. The minimum Gasteiger partial charge on any atom is -0.386 e. The van der Waals surface area contributed by atoms with E-state index >= 15 is 0 Å². The van der Waals surface area contributed by atoms with Crippen molar-refractivity contribution in [1.29, 1.82) is 0 Å². The summed E-state index contributed by atoms with van der Waals surface area (Å²) in [5, 5.41) is 15.6. The van der Waals surface area contributed by atoms with Gasteiger partial charge in [0.05, 0.1) is 0 Å². The number of thiophene rings is 1. The lowest BCUT2D eigenvalue weighted by Gasteiger charge is -2.22. The fourth-order valence-electron chi connectivity index (χ4n) is 1.80. The molecule has 0 aliphatic heterocycles. The van der Waals surface area contributed by atoms with E-state index in [9.17, 15) is 5.11 Å². The molecule has 0 bridgehead atoms. The van der Waals surface area contributed by atoms with Crippen molar-refractivity contribution in [2.75, 3.05) is 6.54 Å². The number of nitrogens with one attached hydrogen (secondary N) is 1. The van der Waals surface area contributed by atoms with Crippen LogP contribution in [0.3, 0.4) is 0 Å². The second-order valence-electron chi connectivity index (χ2n) is 4.14. The van der Waals surface area contributed by atoms with Gasteiger partial charge in [-0.15, -0.1) is 11.3 Å². The molecule has 2 atom stereocenters. The second kappa shape index (κ2) is 7.82. The van der Waals surface area contributed by atoms with Crippen LogP contribution in [0.25, 0.3) is 0 Å². The Balaban J connectivity index is 2.35. The highest BCUT2D eigenvalue weighted by Gasteiger charge is 2.18. The highest BCUT2D eigenvalue weighted by Crippen LogP contribution is 2.23. The fourth-order valence-corrected chi connectivity index (χ4v) is 2.57. The number of rotatable bonds is 8. The molecule has 1 aromatic heterocycles. The smallest absolute Gasteiger partial charge is 0.103 e. The van der Waals surface area contributed by atoms with Crippen molar-refractivity contribution < 1.29 is 5.11 Å². The van der Waals surface area contributed by atoms with Gasteiger partial charge in [-0.25, -0.2) is 0 Å². The van der Waals surface area contributed by atoms with Crippen LogP contribution in [-0.2, 0) is 0 Å². The Morgan fingerprint density at radius 3 is 2.75 bits per heavy atom. The minimum atomic E-state index is -0.355. The van der Waals surface area contributed by atoms with E-state index in [0.29, 0.717) is 0 Å². The summed E-state index contributed by atoms with van der Waals surface area (Å²) in [5.41, 5.74) is 0. The van der Waals surface area contributed by atoms with E-state index in [0.717, 1.165) is 17.8 Å². The Bertz CT molecular complexity index is 261. The van der Waals surface area contributed by atoms with Gasteiger partial charge in [-0.2, -0.15) is 0 Å². The van der Waals surface area contributed by atoms with E-state index in [1.165, 1.54) is 19.3 Å². The Morgan fingerprint density at radius 1 is 1.38 bits per heavy atom. The molecule has 2 nitrogen and oxygen atoms in total. The van der Waals surface area contributed by atoms with E-state index in [4.69, 9.17) is 0 Å². The number of hydrogen-bond donors (Lipinski definition) is 2. The first-order chi connectivity index (χ1) is 7.79. The topological polar surface area (TPSA) is 32.3 Å². The van der Waals surface area contributed by atoms with Gasteiger partial charge >= 0.3 is 0 Å². The third-order valence-electron chi connectivity index (χ3n) is 2.84. The summed E-state index contributed by atoms with van der Waals surface area (Å²) in [6.07, 6.45) is 4.31. The maximum atomic E-state index is 10.2. The molecular formula is C13H23NOS. The molecule has 92 valence electrons. The summed E-state index contributed by atoms with van der Waals surface area (Å²) >= 11 is 1.63. The van der Waals surface area contributed by atoms with E-state index in [1.807, 2.05) is 17.5 Å². The Hall–Kier alpha value is -0.380. The van der Waals surface area contributed by atoms with Crippen LogP contribution in [0.15, 0.2) is 17.5 Å². The monoisotopic (exact) mass is 241 g/mol. The average molecular weight is 241 g/mol.